The number of alkyl halides is 1. The van der Waals surface area contributed by atoms with Gasteiger partial charge in [0.15, 0.2) is 0 Å². The predicted octanol–water partition coefficient (Wildman–Crippen LogP) is 3.16. The van der Waals surface area contributed by atoms with E-state index in [0.29, 0.717) is 4.83 Å². The zero-order valence-corrected chi connectivity index (χ0v) is 11.1. The zero-order chi connectivity index (χ0) is 10.8. The molecule has 3 unspecified atom stereocenters. The molecular weight excluding hydrogens is 252 g/mol. The molecule has 15 heavy (non-hydrogen) atoms. The summed E-state index contributed by atoms with van der Waals surface area (Å²) < 4.78 is 1.89. The molecule has 0 aromatic carbocycles. The number of hydrogen-bond donors (Lipinski definition) is 0. The van der Waals surface area contributed by atoms with Gasteiger partial charge in [0, 0.05) is 18.1 Å². The van der Waals surface area contributed by atoms with E-state index < -0.39 is 0 Å². The van der Waals surface area contributed by atoms with Crippen LogP contribution in [0.3, 0.4) is 0 Å². The molecule has 1 heterocycles. The Morgan fingerprint density at radius 2 is 2.33 bits per heavy atom. The Kier molecular flexibility index (Phi) is 3.49. The van der Waals surface area contributed by atoms with Crippen molar-refractivity contribution in [1.82, 2.24) is 9.78 Å². The average Bonchev–Trinajstić information content (AvgIpc) is 2.58. The minimum absolute atomic E-state index is 0.703. The highest BCUT2D eigenvalue weighted by atomic mass is 79.9. The van der Waals surface area contributed by atoms with Gasteiger partial charge >= 0.3 is 0 Å². The first-order valence-corrected chi connectivity index (χ1v) is 6.68. The van der Waals surface area contributed by atoms with Gasteiger partial charge in [-0.1, -0.05) is 22.9 Å². The van der Waals surface area contributed by atoms with E-state index in [-0.39, 0.29) is 0 Å². The molecule has 1 aromatic rings. The van der Waals surface area contributed by atoms with Crippen molar-refractivity contribution in [2.45, 2.75) is 37.4 Å². The first-order chi connectivity index (χ1) is 7.15. The average molecular weight is 271 g/mol. The van der Waals surface area contributed by atoms with Gasteiger partial charge in [-0.2, -0.15) is 5.10 Å². The molecular formula is C12H19BrN2. The van der Waals surface area contributed by atoms with Crippen molar-refractivity contribution in [2.24, 2.45) is 18.9 Å². The van der Waals surface area contributed by atoms with E-state index in [9.17, 15) is 0 Å². The van der Waals surface area contributed by atoms with Crippen molar-refractivity contribution < 1.29 is 0 Å². The molecule has 0 saturated heterocycles. The fraction of sp³-hybridized carbons (Fsp3) is 0.750. The van der Waals surface area contributed by atoms with Gasteiger partial charge in [-0.05, 0) is 43.1 Å². The Hall–Kier alpha value is -0.310. The maximum absolute atomic E-state index is 4.23. The summed E-state index contributed by atoms with van der Waals surface area (Å²) >= 11 is 3.82. The molecule has 84 valence electrons. The van der Waals surface area contributed by atoms with E-state index in [0.717, 1.165) is 11.8 Å². The van der Waals surface area contributed by atoms with Crippen LogP contribution in [0.1, 0.15) is 31.7 Å². The monoisotopic (exact) mass is 270 g/mol. The third-order valence-corrected chi connectivity index (χ3v) is 4.61. The van der Waals surface area contributed by atoms with Crippen LogP contribution in [0.25, 0.3) is 0 Å². The van der Waals surface area contributed by atoms with Gasteiger partial charge in [-0.3, -0.25) is 4.68 Å². The maximum atomic E-state index is 4.23. The van der Waals surface area contributed by atoms with Gasteiger partial charge in [-0.25, -0.2) is 0 Å². The van der Waals surface area contributed by atoms with Crippen LogP contribution in [-0.2, 0) is 13.5 Å². The Labute approximate surface area is 100 Å². The van der Waals surface area contributed by atoms with Crippen molar-refractivity contribution in [3.63, 3.8) is 0 Å². The summed E-state index contributed by atoms with van der Waals surface area (Å²) in [5.41, 5.74) is 1.38. The Bertz CT molecular complexity index is 321. The molecule has 3 atom stereocenters. The Balaban J connectivity index is 1.98. The summed E-state index contributed by atoms with van der Waals surface area (Å²) in [5.74, 6) is 1.68. The van der Waals surface area contributed by atoms with E-state index in [1.165, 1.54) is 31.2 Å². The summed E-state index contributed by atoms with van der Waals surface area (Å²) in [4.78, 5) is 0.703. The van der Waals surface area contributed by atoms with Crippen molar-refractivity contribution in [2.75, 3.05) is 0 Å². The van der Waals surface area contributed by atoms with Crippen LogP contribution in [0.2, 0.25) is 0 Å². The van der Waals surface area contributed by atoms with Crippen LogP contribution >= 0.6 is 15.9 Å². The second-order valence-corrected chi connectivity index (χ2v) is 6.10. The molecule has 0 N–H and O–H groups in total. The van der Waals surface area contributed by atoms with E-state index >= 15 is 0 Å². The van der Waals surface area contributed by atoms with Gasteiger partial charge in [0.1, 0.15) is 0 Å². The molecule has 1 aliphatic rings. The molecule has 0 bridgehead atoms. The van der Waals surface area contributed by atoms with E-state index in [2.05, 4.69) is 34.1 Å². The SMILES string of the molecule is CC1CCC(Br)C(Cc2cnn(C)c2)C1. The summed E-state index contributed by atoms with van der Waals surface area (Å²) in [6.45, 7) is 2.37. The van der Waals surface area contributed by atoms with Crippen LogP contribution < -0.4 is 0 Å². The van der Waals surface area contributed by atoms with Gasteiger partial charge in [0.25, 0.3) is 0 Å². The molecule has 1 aliphatic carbocycles. The van der Waals surface area contributed by atoms with Crippen LogP contribution in [0.4, 0.5) is 0 Å². The lowest BCUT2D eigenvalue weighted by Gasteiger charge is -2.31. The lowest BCUT2D eigenvalue weighted by atomic mass is 9.80. The molecule has 0 aliphatic heterocycles. The number of hydrogen-bond acceptors (Lipinski definition) is 1. The molecule has 1 saturated carbocycles. The molecule has 2 rings (SSSR count). The van der Waals surface area contributed by atoms with E-state index in [4.69, 9.17) is 0 Å². The lowest BCUT2D eigenvalue weighted by Crippen LogP contribution is -2.25. The van der Waals surface area contributed by atoms with E-state index in [1.54, 1.807) is 0 Å². The second-order valence-electron chi connectivity index (χ2n) is 4.92. The van der Waals surface area contributed by atoms with Crippen molar-refractivity contribution in [3.8, 4) is 0 Å². The minimum atomic E-state index is 0.703. The van der Waals surface area contributed by atoms with Crippen molar-refractivity contribution >= 4 is 15.9 Å². The summed E-state index contributed by atoms with van der Waals surface area (Å²) in [7, 11) is 1.98. The number of halogens is 1. The third-order valence-electron chi connectivity index (χ3n) is 3.41. The molecule has 0 spiro atoms. The zero-order valence-electron chi connectivity index (χ0n) is 9.49. The van der Waals surface area contributed by atoms with Crippen LogP contribution in [-0.4, -0.2) is 14.6 Å². The molecule has 0 amide bonds. The standard InChI is InChI=1S/C12H19BrN2/c1-9-3-4-12(13)11(5-9)6-10-7-14-15(2)8-10/h7-9,11-12H,3-6H2,1-2H3. The minimum Gasteiger partial charge on any atom is -0.276 e. The van der Waals surface area contributed by atoms with Gasteiger partial charge < -0.3 is 0 Å². The first kappa shape index (κ1) is 11.2. The number of nitrogens with zero attached hydrogens (tertiary/aromatic N) is 2. The van der Waals surface area contributed by atoms with Gasteiger partial charge in [-0.15, -0.1) is 0 Å². The number of rotatable bonds is 2. The fourth-order valence-electron chi connectivity index (χ4n) is 2.55. The predicted molar refractivity (Wildman–Crippen MR) is 66.1 cm³/mol. The number of aromatic nitrogens is 2. The maximum Gasteiger partial charge on any atom is 0.0521 e. The Morgan fingerprint density at radius 3 is 3.00 bits per heavy atom. The smallest absolute Gasteiger partial charge is 0.0521 e. The van der Waals surface area contributed by atoms with Gasteiger partial charge in [0.2, 0.25) is 0 Å². The first-order valence-electron chi connectivity index (χ1n) is 5.76. The van der Waals surface area contributed by atoms with Gasteiger partial charge in [0.05, 0.1) is 6.20 Å². The topological polar surface area (TPSA) is 17.8 Å². The summed E-state index contributed by atoms with van der Waals surface area (Å²) in [5, 5.41) is 4.23. The normalized spacial score (nSPS) is 31.8. The highest BCUT2D eigenvalue weighted by Crippen LogP contribution is 2.35. The third kappa shape index (κ3) is 2.83. The molecule has 2 nitrogen and oxygen atoms in total. The van der Waals surface area contributed by atoms with Crippen molar-refractivity contribution in [3.05, 3.63) is 18.0 Å². The van der Waals surface area contributed by atoms with E-state index in [1.807, 2.05) is 17.9 Å². The summed E-state index contributed by atoms with van der Waals surface area (Å²) in [6, 6.07) is 0. The van der Waals surface area contributed by atoms with Crippen LogP contribution in [0, 0.1) is 11.8 Å². The summed E-state index contributed by atoms with van der Waals surface area (Å²) in [6.07, 6.45) is 9.36. The largest absolute Gasteiger partial charge is 0.276 e. The van der Waals surface area contributed by atoms with Crippen LogP contribution in [0.15, 0.2) is 12.4 Å². The molecule has 0 radical (unpaired) electrons. The lowest BCUT2D eigenvalue weighted by molar-refractivity contribution is 0.294. The quantitative estimate of drug-likeness (QED) is 0.755. The Morgan fingerprint density at radius 1 is 1.53 bits per heavy atom. The van der Waals surface area contributed by atoms with Crippen molar-refractivity contribution in [1.29, 1.82) is 0 Å². The highest BCUT2D eigenvalue weighted by Gasteiger charge is 2.26. The molecule has 1 fully saturated rings. The second kappa shape index (κ2) is 4.69. The highest BCUT2D eigenvalue weighted by molar-refractivity contribution is 9.09. The number of aryl methyl sites for hydroxylation is 1. The molecule has 3 heteroatoms. The van der Waals surface area contributed by atoms with Crippen LogP contribution in [0.5, 0.6) is 0 Å². The molecule has 1 aromatic heterocycles. The fourth-order valence-corrected chi connectivity index (χ4v) is 3.22.